The van der Waals surface area contributed by atoms with Crippen LogP contribution in [0.2, 0.25) is 0 Å². The molecule has 0 saturated carbocycles. The maximum atomic E-state index is 12.7. The van der Waals surface area contributed by atoms with Crippen molar-refractivity contribution in [3.05, 3.63) is 72.7 Å². The van der Waals surface area contributed by atoms with Crippen molar-refractivity contribution in [3.63, 3.8) is 0 Å². The van der Waals surface area contributed by atoms with E-state index in [0.717, 1.165) is 23.4 Å². The van der Waals surface area contributed by atoms with Crippen LogP contribution in [0.3, 0.4) is 0 Å². The van der Waals surface area contributed by atoms with Crippen LogP contribution in [-0.4, -0.2) is 28.9 Å². The second-order valence-electron chi connectivity index (χ2n) is 6.25. The summed E-state index contributed by atoms with van der Waals surface area (Å²) >= 11 is 1.24. The SMILES string of the molecule is Cc1occc1-c1nnc(Sc2ccc(S(=O)(=O)C(F)F)cc2)n1-c1ccccc1. The maximum absolute atomic E-state index is 12.7. The summed E-state index contributed by atoms with van der Waals surface area (Å²) in [6.07, 6.45) is 1.57. The summed E-state index contributed by atoms with van der Waals surface area (Å²) < 4.78 is 55.9. The first-order valence-corrected chi connectivity index (χ1v) is 11.1. The van der Waals surface area contributed by atoms with Crippen LogP contribution in [0, 0.1) is 6.92 Å². The molecule has 0 amide bonds. The quantitative estimate of drug-likeness (QED) is 0.415. The minimum Gasteiger partial charge on any atom is -0.469 e. The van der Waals surface area contributed by atoms with E-state index in [-0.39, 0.29) is 0 Å². The zero-order chi connectivity index (χ0) is 21.3. The Morgan fingerprint density at radius 1 is 1.00 bits per heavy atom. The van der Waals surface area contributed by atoms with Gasteiger partial charge in [-0.3, -0.25) is 4.57 Å². The van der Waals surface area contributed by atoms with Crippen LogP contribution in [0.15, 0.2) is 86.3 Å². The van der Waals surface area contributed by atoms with Crippen molar-refractivity contribution in [1.82, 2.24) is 14.8 Å². The molecule has 6 nitrogen and oxygen atoms in total. The molecule has 2 aromatic carbocycles. The predicted octanol–water partition coefficient (Wildman–Crippen LogP) is 4.98. The van der Waals surface area contributed by atoms with Crippen molar-refractivity contribution in [2.45, 2.75) is 27.6 Å². The Bertz CT molecular complexity index is 1270. The molecule has 0 aliphatic carbocycles. The molecule has 0 N–H and O–H groups in total. The molecule has 0 saturated heterocycles. The Morgan fingerprint density at radius 3 is 2.30 bits per heavy atom. The number of rotatable bonds is 6. The third kappa shape index (κ3) is 3.75. The Kier molecular flexibility index (Phi) is 5.44. The van der Waals surface area contributed by atoms with Gasteiger partial charge in [0.1, 0.15) is 5.76 Å². The van der Waals surface area contributed by atoms with Gasteiger partial charge in [-0.05, 0) is 61.2 Å². The number of hydrogen-bond donors (Lipinski definition) is 0. The average Bonchev–Trinajstić information content (AvgIpc) is 3.34. The lowest BCUT2D eigenvalue weighted by atomic mass is 10.2. The molecule has 0 atom stereocenters. The van der Waals surface area contributed by atoms with Crippen molar-refractivity contribution in [2.75, 3.05) is 0 Å². The minimum absolute atomic E-state index is 0.430. The highest BCUT2D eigenvalue weighted by molar-refractivity contribution is 7.99. The molecule has 0 aliphatic rings. The number of aromatic nitrogens is 3. The van der Waals surface area contributed by atoms with Gasteiger partial charge in [0.25, 0.3) is 0 Å². The lowest BCUT2D eigenvalue weighted by Gasteiger charge is -2.10. The second kappa shape index (κ2) is 8.04. The number of benzene rings is 2. The molecule has 0 bridgehead atoms. The molecule has 30 heavy (non-hydrogen) atoms. The first-order valence-electron chi connectivity index (χ1n) is 8.73. The molecule has 0 fully saturated rings. The maximum Gasteiger partial charge on any atom is 0.341 e. The molecule has 0 aliphatic heterocycles. The van der Waals surface area contributed by atoms with Crippen molar-refractivity contribution in [1.29, 1.82) is 0 Å². The van der Waals surface area contributed by atoms with Gasteiger partial charge in [-0.15, -0.1) is 10.2 Å². The van der Waals surface area contributed by atoms with Crippen molar-refractivity contribution < 1.29 is 21.6 Å². The Morgan fingerprint density at radius 2 is 1.70 bits per heavy atom. The van der Waals surface area contributed by atoms with Gasteiger partial charge in [-0.1, -0.05) is 18.2 Å². The molecule has 0 radical (unpaired) electrons. The lowest BCUT2D eigenvalue weighted by molar-refractivity contribution is 0.234. The van der Waals surface area contributed by atoms with Crippen LogP contribution < -0.4 is 0 Å². The molecule has 0 spiro atoms. The molecule has 10 heteroatoms. The van der Waals surface area contributed by atoms with E-state index in [2.05, 4.69) is 10.2 Å². The number of halogens is 2. The van der Waals surface area contributed by atoms with Crippen LogP contribution in [0.1, 0.15) is 5.76 Å². The van der Waals surface area contributed by atoms with Crippen molar-refractivity contribution in [2.24, 2.45) is 0 Å². The van der Waals surface area contributed by atoms with E-state index >= 15 is 0 Å². The van der Waals surface area contributed by atoms with E-state index in [1.165, 1.54) is 23.9 Å². The number of para-hydroxylation sites is 1. The van der Waals surface area contributed by atoms with Crippen LogP contribution in [0.25, 0.3) is 17.1 Å². The molecule has 2 heterocycles. The van der Waals surface area contributed by atoms with E-state index < -0.39 is 20.5 Å². The standard InChI is InChI=1S/C20H15F2N3O3S2/c1-13-17(11-12-28-13)18-23-24-20(25(18)14-5-3-2-4-6-14)29-15-7-9-16(10-8-15)30(26,27)19(21)22/h2-12,19H,1H3. The number of nitrogens with zero attached hydrogens (tertiary/aromatic N) is 3. The van der Waals surface area contributed by atoms with Crippen LogP contribution in [-0.2, 0) is 9.84 Å². The number of hydrogen-bond acceptors (Lipinski definition) is 6. The second-order valence-corrected chi connectivity index (χ2v) is 9.21. The van der Waals surface area contributed by atoms with E-state index in [1.807, 2.05) is 41.8 Å². The number of sulfone groups is 1. The Balaban J connectivity index is 1.74. The normalized spacial score (nSPS) is 11.9. The molecule has 2 aromatic heterocycles. The summed E-state index contributed by atoms with van der Waals surface area (Å²) in [6.45, 7) is 1.83. The van der Waals surface area contributed by atoms with Crippen LogP contribution in [0.5, 0.6) is 0 Å². The first kappa shape index (κ1) is 20.3. The highest BCUT2D eigenvalue weighted by Gasteiger charge is 2.26. The molecule has 154 valence electrons. The largest absolute Gasteiger partial charge is 0.469 e. The summed E-state index contributed by atoms with van der Waals surface area (Å²) in [5, 5.41) is 9.12. The highest BCUT2D eigenvalue weighted by Crippen LogP contribution is 2.34. The molecule has 4 aromatic rings. The highest BCUT2D eigenvalue weighted by atomic mass is 32.2. The zero-order valence-corrected chi connectivity index (χ0v) is 17.2. The van der Waals surface area contributed by atoms with E-state index in [1.54, 1.807) is 12.3 Å². The van der Waals surface area contributed by atoms with Gasteiger partial charge in [-0.25, -0.2) is 8.42 Å². The number of furan rings is 1. The van der Waals surface area contributed by atoms with E-state index in [9.17, 15) is 17.2 Å². The average molecular weight is 447 g/mol. The third-order valence-electron chi connectivity index (χ3n) is 4.34. The fraction of sp³-hybridized carbons (Fsp3) is 0.100. The van der Waals surface area contributed by atoms with Crippen LogP contribution in [0.4, 0.5) is 8.78 Å². The summed E-state index contributed by atoms with van der Waals surface area (Å²) in [4.78, 5) is 0.198. The summed E-state index contributed by atoms with van der Waals surface area (Å²) in [5.74, 6) is -2.18. The summed E-state index contributed by atoms with van der Waals surface area (Å²) in [5.41, 5.74) is 1.62. The Hall–Kier alpha value is -2.98. The van der Waals surface area contributed by atoms with Crippen molar-refractivity contribution in [3.8, 4) is 17.1 Å². The Labute approximate surface area is 175 Å². The lowest BCUT2D eigenvalue weighted by Crippen LogP contribution is -2.11. The topological polar surface area (TPSA) is 78.0 Å². The first-order chi connectivity index (χ1) is 14.4. The number of alkyl halides is 2. The van der Waals surface area contributed by atoms with Gasteiger partial charge in [0, 0.05) is 10.6 Å². The predicted molar refractivity (Wildman–Crippen MR) is 108 cm³/mol. The molecular formula is C20H15F2N3O3S2. The van der Waals surface area contributed by atoms with E-state index in [0.29, 0.717) is 21.6 Å². The smallest absolute Gasteiger partial charge is 0.341 e. The fourth-order valence-corrected chi connectivity index (χ4v) is 4.41. The van der Waals surface area contributed by atoms with Gasteiger partial charge in [0.05, 0.1) is 16.7 Å². The van der Waals surface area contributed by atoms with Crippen LogP contribution >= 0.6 is 11.8 Å². The molecule has 4 rings (SSSR count). The van der Waals surface area contributed by atoms with Gasteiger partial charge in [-0.2, -0.15) is 8.78 Å². The monoisotopic (exact) mass is 447 g/mol. The molecule has 0 unspecified atom stereocenters. The summed E-state index contributed by atoms with van der Waals surface area (Å²) in [6, 6.07) is 16.5. The summed E-state index contributed by atoms with van der Waals surface area (Å²) in [7, 11) is -4.63. The van der Waals surface area contributed by atoms with Gasteiger partial charge >= 0.3 is 5.76 Å². The number of aryl methyl sites for hydroxylation is 1. The van der Waals surface area contributed by atoms with Gasteiger partial charge in [0.2, 0.25) is 15.0 Å². The minimum atomic E-state index is -4.63. The zero-order valence-electron chi connectivity index (χ0n) is 15.6. The van der Waals surface area contributed by atoms with Crippen molar-refractivity contribution >= 4 is 21.6 Å². The van der Waals surface area contributed by atoms with Gasteiger partial charge < -0.3 is 4.42 Å². The third-order valence-corrected chi connectivity index (χ3v) is 6.70. The fourth-order valence-electron chi connectivity index (χ4n) is 2.84. The molecular weight excluding hydrogens is 432 g/mol. The van der Waals surface area contributed by atoms with Gasteiger partial charge in [0.15, 0.2) is 5.82 Å². The van der Waals surface area contributed by atoms with E-state index in [4.69, 9.17) is 4.42 Å².